The third kappa shape index (κ3) is 3.25. The number of alkyl halides is 6. The van der Waals surface area contributed by atoms with E-state index in [2.05, 4.69) is 9.72 Å². The molecule has 0 amide bonds. The van der Waals surface area contributed by atoms with Gasteiger partial charge in [0.05, 0.1) is 5.56 Å². The Kier molecular flexibility index (Phi) is 3.40. The first-order valence-corrected chi connectivity index (χ1v) is 4.06. The third-order valence-corrected chi connectivity index (χ3v) is 1.60. The Morgan fingerprint density at radius 3 is 2.17 bits per heavy atom. The predicted octanol–water partition coefficient (Wildman–Crippen LogP) is 2.52. The molecule has 10 heteroatoms. The Bertz CT molecular complexity index is 467. The maximum absolute atomic E-state index is 12.2. The van der Waals surface area contributed by atoms with Crippen LogP contribution in [0.2, 0.25) is 0 Å². The summed E-state index contributed by atoms with van der Waals surface area (Å²) < 4.78 is 75.5. The number of carbonyl (C=O) groups is 1. The van der Waals surface area contributed by atoms with Crippen LogP contribution in [-0.4, -0.2) is 22.7 Å². The molecular formula is C8H3F6NO3. The number of aldehydes is 1. The van der Waals surface area contributed by atoms with Crippen molar-refractivity contribution in [2.75, 3.05) is 0 Å². The number of hydrogen-bond donors (Lipinski definition) is 1. The molecule has 0 spiro atoms. The summed E-state index contributed by atoms with van der Waals surface area (Å²) in [6.45, 7) is 0. The molecule has 0 bridgehead atoms. The molecule has 1 N–H and O–H groups in total. The highest BCUT2D eigenvalue weighted by Crippen LogP contribution is 2.37. The van der Waals surface area contributed by atoms with Crippen molar-refractivity contribution in [1.29, 1.82) is 0 Å². The van der Waals surface area contributed by atoms with Crippen LogP contribution in [0.4, 0.5) is 26.3 Å². The number of hydrogen-bond acceptors (Lipinski definition) is 4. The van der Waals surface area contributed by atoms with Gasteiger partial charge in [-0.05, 0) is 6.07 Å². The second kappa shape index (κ2) is 4.35. The fourth-order valence-corrected chi connectivity index (χ4v) is 0.985. The molecule has 0 saturated carbocycles. The summed E-state index contributed by atoms with van der Waals surface area (Å²) in [7, 11) is 0. The second-order valence-electron chi connectivity index (χ2n) is 2.91. The maximum atomic E-state index is 12.2. The predicted molar refractivity (Wildman–Crippen MR) is 43.0 cm³/mol. The molecule has 0 aromatic carbocycles. The normalized spacial score (nSPS) is 12.3. The quantitative estimate of drug-likeness (QED) is 0.665. The zero-order chi connectivity index (χ0) is 14.1. The molecule has 100 valence electrons. The summed E-state index contributed by atoms with van der Waals surface area (Å²) in [4.78, 5) is 12.8. The van der Waals surface area contributed by atoms with Gasteiger partial charge in [-0.25, -0.2) is 4.98 Å². The van der Waals surface area contributed by atoms with Crippen LogP contribution in [0.5, 0.6) is 11.6 Å². The number of halogens is 6. The highest BCUT2D eigenvalue weighted by Gasteiger charge is 2.39. The van der Waals surface area contributed by atoms with E-state index in [0.717, 1.165) is 0 Å². The average molecular weight is 275 g/mol. The fourth-order valence-electron chi connectivity index (χ4n) is 0.985. The van der Waals surface area contributed by atoms with Crippen LogP contribution < -0.4 is 4.74 Å². The maximum Gasteiger partial charge on any atom is 0.574 e. The van der Waals surface area contributed by atoms with Gasteiger partial charge in [-0.1, -0.05) is 0 Å². The Morgan fingerprint density at radius 1 is 1.22 bits per heavy atom. The molecule has 0 aliphatic carbocycles. The molecule has 0 unspecified atom stereocenters. The van der Waals surface area contributed by atoms with E-state index in [1.54, 1.807) is 0 Å². The SMILES string of the molecule is O=Cc1cc(O)c(C(F)(F)F)nc1OC(F)(F)F. The summed E-state index contributed by atoms with van der Waals surface area (Å²) in [6.07, 6.45) is -10.7. The molecule has 1 rings (SSSR count). The van der Waals surface area contributed by atoms with E-state index < -0.39 is 35.4 Å². The Labute approximate surface area is 94.8 Å². The molecule has 1 aromatic heterocycles. The lowest BCUT2D eigenvalue weighted by molar-refractivity contribution is -0.276. The molecule has 1 aromatic rings. The van der Waals surface area contributed by atoms with Gasteiger partial charge in [0.15, 0.2) is 12.0 Å². The van der Waals surface area contributed by atoms with Crippen LogP contribution in [0.1, 0.15) is 16.1 Å². The average Bonchev–Trinajstić information content (AvgIpc) is 2.16. The van der Waals surface area contributed by atoms with E-state index in [-0.39, 0.29) is 12.4 Å². The van der Waals surface area contributed by atoms with Crippen molar-refractivity contribution in [3.63, 3.8) is 0 Å². The first kappa shape index (κ1) is 14.1. The van der Waals surface area contributed by atoms with Gasteiger partial charge in [0.1, 0.15) is 5.75 Å². The smallest absolute Gasteiger partial charge is 0.506 e. The van der Waals surface area contributed by atoms with Crippen LogP contribution in [0, 0.1) is 0 Å². The van der Waals surface area contributed by atoms with Crippen molar-refractivity contribution in [3.8, 4) is 11.6 Å². The van der Waals surface area contributed by atoms with Crippen molar-refractivity contribution in [2.24, 2.45) is 0 Å². The van der Waals surface area contributed by atoms with E-state index in [1.165, 1.54) is 0 Å². The molecule has 0 atom stereocenters. The standard InChI is InChI=1S/C8H3F6NO3/c9-7(10,11)5-4(17)1-3(2-16)6(15-5)18-8(12,13)14/h1-2,17H. The molecule has 18 heavy (non-hydrogen) atoms. The zero-order valence-corrected chi connectivity index (χ0v) is 8.13. The van der Waals surface area contributed by atoms with Gasteiger partial charge in [0.25, 0.3) is 0 Å². The molecule has 0 aliphatic heterocycles. The zero-order valence-electron chi connectivity index (χ0n) is 8.13. The van der Waals surface area contributed by atoms with Gasteiger partial charge in [0.2, 0.25) is 5.88 Å². The van der Waals surface area contributed by atoms with E-state index >= 15 is 0 Å². The third-order valence-electron chi connectivity index (χ3n) is 1.60. The monoisotopic (exact) mass is 275 g/mol. The fraction of sp³-hybridized carbons (Fsp3) is 0.250. The number of carbonyl (C=O) groups excluding carboxylic acids is 1. The molecule has 0 saturated heterocycles. The summed E-state index contributed by atoms with van der Waals surface area (Å²) in [5.41, 5.74) is -2.94. The summed E-state index contributed by atoms with van der Waals surface area (Å²) in [6, 6.07) is 0.184. The molecule has 0 aliphatic rings. The molecule has 0 radical (unpaired) electrons. The summed E-state index contributed by atoms with van der Waals surface area (Å²) >= 11 is 0. The number of aromatic hydroxyl groups is 1. The highest BCUT2D eigenvalue weighted by atomic mass is 19.4. The first-order valence-electron chi connectivity index (χ1n) is 4.06. The van der Waals surface area contributed by atoms with Gasteiger partial charge < -0.3 is 9.84 Å². The van der Waals surface area contributed by atoms with Crippen molar-refractivity contribution in [1.82, 2.24) is 4.98 Å². The minimum absolute atomic E-state index is 0.184. The minimum Gasteiger partial charge on any atom is -0.506 e. The van der Waals surface area contributed by atoms with Gasteiger partial charge in [-0.2, -0.15) is 13.2 Å². The molecule has 1 heterocycles. The van der Waals surface area contributed by atoms with Gasteiger partial charge in [-0.3, -0.25) is 4.79 Å². The summed E-state index contributed by atoms with van der Waals surface area (Å²) in [5, 5.41) is 8.90. The number of aromatic nitrogens is 1. The highest BCUT2D eigenvalue weighted by molar-refractivity contribution is 5.79. The second-order valence-corrected chi connectivity index (χ2v) is 2.91. The van der Waals surface area contributed by atoms with E-state index in [9.17, 15) is 31.1 Å². The summed E-state index contributed by atoms with van der Waals surface area (Å²) in [5.74, 6) is -3.05. The van der Waals surface area contributed by atoms with E-state index in [1.807, 2.05) is 0 Å². The molecule has 0 fully saturated rings. The van der Waals surface area contributed by atoms with Crippen LogP contribution in [0.25, 0.3) is 0 Å². The number of rotatable bonds is 2. The first-order chi connectivity index (χ1) is 8.04. The van der Waals surface area contributed by atoms with Gasteiger partial charge in [-0.15, -0.1) is 13.2 Å². The number of ether oxygens (including phenoxy) is 1. The van der Waals surface area contributed by atoms with Crippen LogP contribution in [0.15, 0.2) is 6.07 Å². The number of pyridine rings is 1. The van der Waals surface area contributed by atoms with Crippen molar-refractivity contribution in [3.05, 3.63) is 17.3 Å². The van der Waals surface area contributed by atoms with Crippen molar-refractivity contribution < 1.29 is 41.0 Å². The Morgan fingerprint density at radius 2 is 1.78 bits per heavy atom. The topological polar surface area (TPSA) is 59.4 Å². The number of nitrogens with zero attached hydrogens (tertiary/aromatic N) is 1. The largest absolute Gasteiger partial charge is 0.574 e. The van der Waals surface area contributed by atoms with Crippen molar-refractivity contribution >= 4 is 6.29 Å². The van der Waals surface area contributed by atoms with Crippen LogP contribution in [0.3, 0.4) is 0 Å². The molecular weight excluding hydrogens is 272 g/mol. The molecule has 4 nitrogen and oxygen atoms in total. The van der Waals surface area contributed by atoms with Gasteiger partial charge >= 0.3 is 12.5 Å². The lowest BCUT2D eigenvalue weighted by Gasteiger charge is -2.13. The lowest BCUT2D eigenvalue weighted by atomic mass is 10.2. The van der Waals surface area contributed by atoms with Crippen LogP contribution >= 0.6 is 0 Å². The minimum atomic E-state index is -5.31. The Balaban J connectivity index is 3.36. The lowest BCUT2D eigenvalue weighted by Crippen LogP contribution is -2.20. The Hall–Kier alpha value is -2.00. The van der Waals surface area contributed by atoms with Crippen LogP contribution in [-0.2, 0) is 6.18 Å². The van der Waals surface area contributed by atoms with Crippen molar-refractivity contribution in [2.45, 2.75) is 12.5 Å². The van der Waals surface area contributed by atoms with E-state index in [0.29, 0.717) is 0 Å². The van der Waals surface area contributed by atoms with Gasteiger partial charge in [0, 0.05) is 0 Å². The van der Waals surface area contributed by atoms with E-state index in [4.69, 9.17) is 5.11 Å².